The normalized spacial score (nSPS) is 28.1. The van der Waals surface area contributed by atoms with Crippen LogP contribution in [0.5, 0.6) is 5.75 Å². The molecule has 0 amide bonds. The second-order valence-corrected chi connectivity index (χ2v) is 7.19. The number of cyclic esters (lactones) is 1. The summed E-state index contributed by atoms with van der Waals surface area (Å²) in [6, 6.07) is 5.67. The second kappa shape index (κ2) is 10.8. The van der Waals surface area contributed by atoms with Crippen molar-refractivity contribution in [3.8, 4) is 5.75 Å². The maximum absolute atomic E-state index is 12.3. The van der Waals surface area contributed by atoms with E-state index in [-0.39, 0.29) is 17.9 Å². The number of esters is 2. The van der Waals surface area contributed by atoms with Crippen molar-refractivity contribution in [2.75, 3.05) is 6.61 Å². The molecule has 1 aromatic carbocycles. The molecule has 1 aliphatic rings. The smallest absolute Gasteiger partial charge is 0.338 e. The minimum absolute atomic E-state index is 0.0362. The van der Waals surface area contributed by atoms with Crippen LogP contribution in [0.2, 0.25) is 0 Å². The summed E-state index contributed by atoms with van der Waals surface area (Å²) in [6.45, 7) is 3.66. The number of ether oxygens (including phenoxy) is 2. The van der Waals surface area contributed by atoms with Gasteiger partial charge in [0.2, 0.25) is 0 Å². The van der Waals surface area contributed by atoms with Crippen molar-refractivity contribution in [1.29, 1.82) is 0 Å². The fraction of sp³-hybridized carbons (Fsp3) is 0.455. The largest absolute Gasteiger partial charge is 0.508 e. The minimum Gasteiger partial charge on any atom is -0.508 e. The lowest BCUT2D eigenvalue weighted by atomic mass is 9.80. The number of allylic oxidation sites excluding steroid dienone is 2. The molecule has 0 bridgehead atoms. The van der Waals surface area contributed by atoms with Gasteiger partial charge in [-0.15, -0.1) is 0 Å². The van der Waals surface area contributed by atoms with E-state index in [1.807, 2.05) is 6.92 Å². The third kappa shape index (κ3) is 6.44. The molecular formula is C22H28O7. The average molecular weight is 404 g/mol. The fourth-order valence-electron chi connectivity index (χ4n) is 3.38. The summed E-state index contributed by atoms with van der Waals surface area (Å²) in [4.78, 5) is 24.3. The minimum atomic E-state index is -1.20. The predicted molar refractivity (Wildman–Crippen MR) is 106 cm³/mol. The van der Waals surface area contributed by atoms with Gasteiger partial charge in [0, 0.05) is 12.0 Å². The zero-order valence-electron chi connectivity index (χ0n) is 16.6. The molecule has 158 valence electrons. The van der Waals surface area contributed by atoms with E-state index in [0.29, 0.717) is 12.8 Å². The summed E-state index contributed by atoms with van der Waals surface area (Å²) in [6.07, 6.45) is 3.79. The lowest BCUT2D eigenvalue weighted by Crippen LogP contribution is -2.45. The van der Waals surface area contributed by atoms with Crippen LogP contribution in [-0.4, -0.2) is 52.2 Å². The van der Waals surface area contributed by atoms with Gasteiger partial charge in [0.25, 0.3) is 0 Å². The molecule has 5 atom stereocenters. The van der Waals surface area contributed by atoms with E-state index in [4.69, 9.17) is 9.47 Å². The van der Waals surface area contributed by atoms with E-state index < -0.39 is 42.1 Å². The van der Waals surface area contributed by atoms with Gasteiger partial charge in [-0.25, -0.2) is 9.59 Å². The summed E-state index contributed by atoms with van der Waals surface area (Å²) in [7, 11) is 0. The summed E-state index contributed by atoms with van der Waals surface area (Å²) in [5.74, 6) is -2.10. The third-order valence-electron chi connectivity index (χ3n) is 4.90. The number of phenolic OH excluding ortho intramolecular Hbond substituents is 1. The van der Waals surface area contributed by atoms with Crippen molar-refractivity contribution in [2.24, 2.45) is 11.8 Å². The third-order valence-corrected chi connectivity index (χ3v) is 4.90. The van der Waals surface area contributed by atoms with Gasteiger partial charge in [0.15, 0.2) is 0 Å². The van der Waals surface area contributed by atoms with Crippen LogP contribution in [0.1, 0.15) is 37.0 Å². The van der Waals surface area contributed by atoms with Gasteiger partial charge in [-0.05, 0) is 36.6 Å². The van der Waals surface area contributed by atoms with Crippen LogP contribution in [0.25, 0.3) is 0 Å². The van der Waals surface area contributed by atoms with E-state index in [2.05, 4.69) is 0 Å². The highest BCUT2D eigenvalue weighted by Crippen LogP contribution is 2.29. The number of hydrogen-bond donors (Lipinski definition) is 3. The van der Waals surface area contributed by atoms with Gasteiger partial charge in [-0.1, -0.05) is 38.5 Å². The van der Waals surface area contributed by atoms with Gasteiger partial charge < -0.3 is 24.8 Å². The number of carbonyl (C=O) groups excluding carboxylic acids is 2. The quantitative estimate of drug-likeness (QED) is 0.624. The monoisotopic (exact) mass is 404 g/mol. The van der Waals surface area contributed by atoms with Crippen LogP contribution in [0, 0.1) is 11.8 Å². The molecule has 7 nitrogen and oxygen atoms in total. The Hall–Kier alpha value is -2.64. The number of rotatable bonds is 6. The fourth-order valence-corrected chi connectivity index (χ4v) is 3.38. The van der Waals surface area contributed by atoms with Gasteiger partial charge >= 0.3 is 11.9 Å². The van der Waals surface area contributed by atoms with Crippen molar-refractivity contribution in [2.45, 2.75) is 45.0 Å². The van der Waals surface area contributed by atoms with Gasteiger partial charge in [-0.3, -0.25) is 0 Å². The Balaban J connectivity index is 2.16. The summed E-state index contributed by atoms with van der Waals surface area (Å²) >= 11 is 0. The highest BCUT2D eigenvalue weighted by molar-refractivity contribution is 5.89. The highest BCUT2D eigenvalue weighted by Gasteiger charge is 2.38. The number of aliphatic hydroxyl groups is 2. The van der Waals surface area contributed by atoms with Crippen LogP contribution >= 0.6 is 0 Å². The van der Waals surface area contributed by atoms with Gasteiger partial charge in [-0.2, -0.15) is 0 Å². The molecule has 0 aromatic heterocycles. The maximum atomic E-state index is 12.3. The predicted octanol–water partition coefficient (Wildman–Crippen LogP) is 2.36. The molecule has 0 radical (unpaired) electrons. The number of phenols is 1. The van der Waals surface area contributed by atoms with Crippen molar-refractivity contribution >= 4 is 11.9 Å². The zero-order valence-corrected chi connectivity index (χ0v) is 16.6. The average Bonchev–Trinajstić information content (AvgIpc) is 2.69. The molecule has 1 heterocycles. The molecule has 0 saturated heterocycles. The lowest BCUT2D eigenvalue weighted by molar-refractivity contribution is -0.154. The summed E-state index contributed by atoms with van der Waals surface area (Å²) in [5.41, 5.74) is 0.283. The van der Waals surface area contributed by atoms with Gasteiger partial charge in [0.05, 0.1) is 24.4 Å². The van der Waals surface area contributed by atoms with E-state index in [1.54, 1.807) is 6.92 Å². The van der Waals surface area contributed by atoms with Crippen LogP contribution in [0.15, 0.2) is 48.6 Å². The molecule has 3 N–H and O–H groups in total. The molecular weight excluding hydrogens is 376 g/mol. The Morgan fingerprint density at radius 2 is 1.90 bits per heavy atom. The van der Waals surface area contributed by atoms with Gasteiger partial charge in [0.1, 0.15) is 11.9 Å². The molecule has 29 heavy (non-hydrogen) atoms. The van der Waals surface area contributed by atoms with Crippen molar-refractivity contribution in [3.63, 3.8) is 0 Å². The number of aromatic hydroxyl groups is 1. The molecule has 0 saturated carbocycles. The number of carbonyl (C=O) groups is 2. The maximum Gasteiger partial charge on any atom is 0.338 e. The van der Waals surface area contributed by atoms with E-state index >= 15 is 0 Å². The van der Waals surface area contributed by atoms with E-state index in [9.17, 15) is 24.9 Å². The SMILES string of the molecule is CCC[C@H]1OC(=O)/C=C\C=C\[C@H](O)[C@@H](O)[C@@H]1[C@H](C)COC(=O)c1ccc(O)cc1. The van der Waals surface area contributed by atoms with Crippen molar-refractivity contribution < 1.29 is 34.4 Å². The molecule has 1 aromatic rings. The van der Waals surface area contributed by atoms with Crippen LogP contribution in [0.3, 0.4) is 0 Å². The van der Waals surface area contributed by atoms with Crippen LogP contribution in [-0.2, 0) is 14.3 Å². The number of aliphatic hydroxyl groups excluding tert-OH is 2. The molecule has 2 rings (SSSR count). The molecule has 0 spiro atoms. The first-order chi connectivity index (χ1) is 13.8. The second-order valence-electron chi connectivity index (χ2n) is 7.19. The molecule has 0 unspecified atom stereocenters. The van der Waals surface area contributed by atoms with Crippen LogP contribution < -0.4 is 0 Å². The molecule has 1 aliphatic heterocycles. The van der Waals surface area contributed by atoms with Crippen molar-refractivity contribution in [3.05, 3.63) is 54.1 Å². The number of benzene rings is 1. The summed E-state index contributed by atoms with van der Waals surface area (Å²) < 4.78 is 10.9. The summed E-state index contributed by atoms with van der Waals surface area (Å²) in [5, 5.41) is 30.4. The first kappa shape index (κ1) is 22.6. The standard InChI is InChI=1S/C22H28O7/c1-3-6-18-20(21(26)17(24)7-4-5-8-19(25)29-18)14(2)13-28-22(27)15-9-11-16(23)12-10-15/h4-5,7-12,14,17-18,20-21,23-24,26H,3,6,13H2,1-2H3/b7-4+,8-5-/t14-,17+,18-,20-,21-/m1/s1. The Labute approximate surface area is 170 Å². The van der Waals surface area contributed by atoms with E-state index in [1.165, 1.54) is 48.6 Å². The van der Waals surface area contributed by atoms with Crippen LogP contribution in [0.4, 0.5) is 0 Å². The molecule has 0 fully saturated rings. The first-order valence-electron chi connectivity index (χ1n) is 9.71. The Bertz CT molecular complexity index is 738. The zero-order chi connectivity index (χ0) is 21.4. The topological polar surface area (TPSA) is 113 Å². The number of hydrogen-bond acceptors (Lipinski definition) is 7. The highest BCUT2D eigenvalue weighted by atomic mass is 16.5. The lowest BCUT2D eigenvalue weighted by Gasteiger charge is -2.36. The Morgan fingerprint density at radius 3 is 2.55 bits per heavy atom. The van der Waals surface area contributed by atoms with E-state index in [0.717, 1.165) is 0 Å². The van der Waals surface area contributed by atoms with Crippen molar-refractivity contribution in [1.82, 2.24) is 0 Å². The first-order valence-corrected chi connectivity index (χ1v) is 9.71. The molecule has 7 heteroatoms. The Kier molecular flexibility index (Phi) is 8.42. The molecule has 0 aliphatic carbocycles. The Morgan fingerprint density at radius 1 is 1.21 bits per heavy atom.